The molecule has 4 nitrogen and oxygen atoms in total. The van der Waals surface area contributed by atoms with Gasteiger partial charge in [0.05, 0.1) is 0 Å². The van der Waals surface area contributed by atoms with Crippen LogP contribution in [-0.2, 0) is 4.79 Å². The second-order valence-corrected chi connectivity index (χ2v) is 5.72. The van der Waals surface area contributed by atoms with E-state index in [-0.39, 0.29) is 18.3 Å². The fourth-order valence-electron chi connectivity index (χ4n) is 2.06. The molecule has 4 heteroatoms. The lowest BCUT2D eigenvalue weighted by atomic mass is 10.1. The molecule has 0 N–H and O–H groups in total. The van der Waals surface area contributed by atoms with Gasteiger partial charge >= 0.3 is 0 Å². The van der Waals surface area contributed by atoms with Gasteiger partial charge in [0.2, 0.25) is 0 Å². The Hall–Kier alpha value is -2.88. The smallest absolute Gasteiger partial charge is 0.259 e. The highest BCUT2D eigenvalue weighted by atomic mass is 16.5. The zero-order valence-corrected chi connectivity index (χ0v) is 14.2. The van der Waals surface area contributed by atoms with E-state index in [1.54, 1.807) is 50.5 Å². The van der Waals surface area contributed by atoms with Crippen LogP contribution in [0.4, 0.5) is 0 Å². The van der Waals surface area contributed by atoms with E-state index in [0.717, 1.165) is 11.1 Å². The highest BCUT2D eigenvalue weighted by Gasteiger charge is 2.07. The van der Waals surface area contributed by atoms with Crippen LogP contribution in [0.1, 0.15) is 21.5 Å². The summed E-state index contributed by atoms with van der Waals surface area (Å²) in [5, 5.41) is 0. The predicted molar refractivity (Wildman–Crippen MR) is 95.2 cm³/mol. The second kappa shape index (κ2) is 8.11. The number of aryl methyl sites for hydroxylation is 1. The number of benzene rings is 2. The summed E-state index contributed by atoms with van der Waals surface area (Å²) in [6.45, 7) is 1.96. The molecule has 0 aliphatic rings. The topological polar surface area (TPSA) is 46.6 Å². The normalized spacial score (nSPS) is 10.6. The summed E-state index contributed by atoms with van der Waals surface area (Å²) in [4.78, 5) is 25.3. The van der Waals surface area contributed by atoms with Gasteiger partial charge in [0.15, 0.2) is 12.4 Å². The molecule has 0 unspecified atom stereocenters. The molecule has 24 heavy (non-hydrogen) atoms. The first-order valence-electron chi connectivity index (χ1n) is 7.68. The van der Waals surface area contributed by atoms with Crippen LogP contribution in [0.15, 0.2) is 54.6 Å². The van der Waals surface area contributed by atoms with E-state index < -0.39 is 0 Å². The number of amides is 1. The van der Waals surface area contributed by atoms with Gasteiger partial charge in [0.25, 0.3) is 5.91 Å². The Morgan fingerprint density at radius 1 is 1.08 bits per heavy atom. The summed E-state index contributed by atoms with van der Waals surface area (Å²) in [6.07, 6.45) is 3.33. The van der Waals surface area contributed by atoms with Gasteiger partial charge in [-0.25, -0.2) is 0 Å². The number of ketones is 1. The van der Waals surface area contributed by atoms with Crippen molar-refractivity contribution >= 4 is 17.8 Å². The minimum Gasteiger partial charge on any atom is -0.484 e. The van der Waals surface area contributed by atoms with Crippen molar-refractivity contribution in [2.24, 2.45) is 0 Å². The molecule has 2 aromatic carbocycles. The Bertz CT molecular complexity index is 763. The van der Waals surface area contributed by atoms with Gasteiger partial charge < -0.3 is 9.64 Å². The maximum atomic E-state index is 12.3. The maximum Gasteiger partial charge on any atom is 0.259 e. The van der Waals surface area contributed by atoms with Crippen molar-refractivity contribution in [3.05, 3.63) is 71.3 Å². The van der Waals surface area contributed by atoms with Crippen molar-refractivity contribution in [3.8, 4) is 5.75 Å². The lowest BCUT2D eigenvalue weighted by molar-refractivity contribution is -0.130. The van der Waals surface area contributed by atoms with E-state index in [2.05, 4.69) is 0 Å². The molecule has 0 aliphatic carbocycles. The molecule has 2 rings (SSSR count). The second-order valence-electron chi connectivity index (χ2n) is 5.72. The zero-order valence-electron chi connectivity index (χ0n) is 14.2. The first-order chi connectivity index (χ1) is 11.5. The Balaban J connectivity index is 2.04. The first kappa shape index (κ1) is 17.5. The van der Waals surface area contributed by atoms with Gasteiger partial charge in [-0.1, -0.05) is 48.0 Å². The van der Waals surface area contributed by atoms with Crippen LogP contribution >= 0.6 is 0 Å². The number of carbonyl (C=O) groups is 2. The molecule has 2 aromatic rings. The monoisotopic (exact) mass is 323 g/mol. The highest BCUT2D eigenvalue weighted by molar-refractivity contribution is 6.07. The zero-order chi connectivity index (χ0) is 17.5. The molecule has 1 amide bonds. The Morgan fingerprint density at radius 3 is 2.54 bits per heavy atom. The number of ether oxygens (including phenoxy) is 1. The van der Waals surface area contributed by atoms with Crippen molar-refractivity contribution in [1.82, 2.24) is 4.90 Å². The minimum atomic E-state index is -0.133. The van der Waals surface area contributed by atoms with Crippen LogP contribution in [0.25, 0.3) is 6.08 Å². The Morgan fingerprint density at radius 2 is 1.83 bits per heavy atom. The molecule has 0 atom stereocenters. The minimum absolute atomic E-state index is 0.0518. The summed E-state index contributed by atoms with van der Waals surface area (Å²) < 4.78 is 5.43. The van der Waals surface area contributed by atoms with Crippen molar-refractivity contribution < 1.29 is 14.3 Å². The van der Waals surface area contributed by atoms with E-state index >= 15 is 0 Å². The van der Waals surface area contributed by atoms with Gasteiger partial charge in [0, 0.05) is 19.7 Å². The number of nitrogens with zero attached hydrogens (tertiary/aromatic N) is 1. The molecule has 0 saturated heterocycles. The van der Waals surface area contributed by atoms with Crippen LogP contribution in [0.2, 0.25) is 0 Å². The highest BCUT2D eigenvalue weighted by Crippen LogP contribution is 2.15. The van der Waals surface area contributed by atoms with Crippen molar-refractivity contribution in [1.29, 1.82) is 0 Å². The first-order valence-corrected chi connectivity index (χ1v) is 7.68. The van der Waals surface area contributed by atoms with Crippen molar-refractivity contribution in [2.45, 2.75) is 6.92 Å². The molecule has 0 bridgehead atoms. The van der Waals surface area contributed by atoms with Gasteiger partial charge in [-0.15, -0.1) is 0 Å². The van der Waals surface area contributed by atoms with Gasteiger partial charge in [-0.3, -0.25) is 9.59 Å². The Labute approximate surface area is 142 Å². The van der Waals surface area contributed by atoms with Crippen LogP contribution in [0.3, 0.4) is 0 Å². The van der Waals surface area contributed by atoms with Crippen LogP contribution < -0.4 is 4.74 Å². The molecule has 124 valence electrons. The summed E-state index contributed by atoms with van der Waals surface area (Å²) in [5.74, 6) is 0.256. The van der Waals surface area contributed by atoms with E-state index in [9.17, 15) is 9.59 Å². The number of hydrogen-bond acceptors (Lipinski definition) is 3. The number of likely N-dealkylation sites (N-methyl/N-ethyl adjacent to an activating group) is 1. The average molecular weight is 323 g/mol. The molecule has 0 aromatic heterocycles. The van der Waals surface area contributed by atoms with E-state index in [0.29, 0.717) is 11.3 Å². The molecule has 0 radical (unpaired) electrons. The molecule has 0 aliphatic heterocycles. The SMILES string of the molecule is Cc1cccc(C=CC(=O)c2cccc(OCC(=O)N(C)C)c2)c1. The third kappa shape index (κ3) is 5.09. The molecule has 0 heterocycles. The lowest BCUT2D eigenvalue weighted by Crippen LogP contribution is -2.27. The maximum absolute atomic E-state index is 12.3. The van der Waals surface area contributed by atoms with E-state index in [1.807, 2.05) is 31.2 Å². The quantitative estimate of drug-likeness (QED) is 0.605. The molecule has 0 saturated carbocycles. The van der Waals surface area contributed by atoms with Crippen LogP contribution in [0.5, 0.6) is 5.75 Å². The van der Waals surface area contributed by atoms with Crippen molar-refractivity contribution in [3.63, 3.8) is 0 Å². The molecular formula is C20H21NO3. The predicted octanol–water partition coefficient (Wildman–Crippen LogP) is 3.36. The fraction of sp³-hybridized carbons (Fsp3) is 0.200. The standard InChI is InChI=1S/C20H21NO3/c1-15-6-4-7-16(12-15)10-11-19(22)17-8-5-9-18(13-17)24-14-20(23)21(2)3/h4-13H,14H2,1-3H3. The van der Waals surface area contributed by atoms with Crippen molar-refractivity contribution in [2.75, 3.05) is 20.7 Å². The van der Waals surface area contributed by atoms with Crippen LogP contribution in [0, 0.1) is 6.92 Å². The molecule has 0 fully saturated rings. The lowest BCUT2D eigenvalue weighted by Gasteiger charge is -2.11. The average Bonchev–Trinajstić information content (AvgIpc) is 2.57. The molecule has 0 spiro atoms. The number of allylic oxidation sites excluding steroid dienone is 1. The Kier molecular flexibility index (Phi) is 5.90. The van der Waals surface area contributed by atoms with Gasteiger partial charge in [-0.05, 0) is 30.7 Å². The number of rotatable bonds is 6. The number of carbonyl (C=O) groups excluding carboxylic acids is 2. The fourth-order valence-corrected chi connectivity index (χ4v) is 2.06. The largest absolute Gasteiger partial charge is 0.484 e. The third-order valence-electron chi connectivity index (χ3n) is 3.45. The van der Waals surface area contributed by atoms with Gasteiger partial charge in [0.1, 0.15) is 5.75 Å². The third-order valence-corrected chi connectivity index (χ3v) is 3.45. The van der Waals surface area contributed by atoms with Crippen LogP contribution in [-0.4, -0.2) is 37.3 Å². The molecular weight excluding hydrogens is 302 g/mol. The van der Waals surface area contributed by atoms with E-state index in [4.69, 9.17) is 4.74 Å². The summed E-state index contributed by atoms with van der Waals surface area (Å²) in [5.41, 5.74) is 2.64. The van der Waals surface area contributed by atoms with E-state index in [1.165, 1.54) is 4.90 Å². The summed E-state index contributed by atoms with van der Waals surface area (Å²) in [6, 6.07) is 14.8. The van der Waals surface area contributed by atoms with Gasteiger partial charge in [-0.2, -0.15) is 0 Å². The number of hydrogen-bond donors (Lipinski definition) is 0. The summed E-state index contributed by atoms with van der Waals surface area (Å²) in [7, 11) is 3.34. The summed E-state index contributed by atoms with van der Waals surface area (Å²) >= 11 is 0.